The average Bonchev–Trinajstić information content (AvgIpc) is 3.40. The lowest BCUT2D eigenvalue weighted by molar-refractivity contribution is -0.139. The largest absolute Gasteiger partial charge is 0.497 e. The van der Waals surface area contributed by atoms with E-state index in [9.17, 15) is 9.59 Å². The number of fused-ring (bicyclic) bond motifs is 4. The van der Waals surface area contributed by atoms with Crippen LogP contribution in [0.2, 0.25) is 0 Å². The average molecular weight is 627 g/mol. The zero-order valence-electron chi connectivity index (χ0n) is 26.1. The summed E-state index contributed by atoms with van der Waals surface area (Å²) in [5, 5.41) is 2.29. The van der Waals surface area contributed by atoms with E-state index >= 15 is 0 Å². The summed E-state index contributed by atoms with van der Waals surface area (Å²) in [5.41, 5.74) is 5.91. The summed E-state index contributed by atoms with van der Waals surface area (Å²) in [5.74, 6) is 1.13. The highest BCUT2D eigenvalue weighted by Gasteiger charge is 2.46. The van der Waals surface area contributed by atoms with Gasteiger partial charge in [0.05, 0.1) is 12.5 Å². The van der Waals surface area contributed by atoms with E-state index in [0.29, 0.717) is 11.5 Å². The summed E-state index contributed by atoms with van der Waals surface area (Å²) in [6.45, 7) is 7.51. The van der Waals surface area contributed by atoms with E-state index in [1.165, 1.54) is 0 Å². The van der Waals surface area contributed by atoms with Gasteiger partial charge in [-0.3, -0.25) is 0 Å². The lowest BCUT2D eigenvalue weighted by atomic mass is 9.67. The number of methoxy groups -OCH3 is 1. The molecule has 0 heterocycles. The number of rotatable bonds is 13. The molecule has 0 spiro atoms. The van der Waals surface area contributed by atoms with Crippen molar-refractivity contribution in [3.05, 3.63) is 151 Å². The molecule has 0 unspecified atom stereocenters. The van der Waals surface area contributed by atoms with Crippen LogP contribution in [0.25, 0.3) is 21.9 Å². The molecule has 1 aliphatic rings. The summed E-state index contributed by atoms with van der Waals surface area (Å²) >= 11 is 0. The molecule has 5 aromatic carbocycles. The number of esters is 2. The first kappa shape index (κ1) is 31.2. The van der Waals surface area contributed by atoms with E-state index in [1.54, 1.807) is 7.11 Å². The molecule has 7 heteroatoms. The van der Waals surface area contributed by atoms with Crippen molar-refractivity contribution in [1.29, 1.82) is 0 Å². The zero-order valence-corrected chi connectivity index (χ0v) is 26.1. The molecule has 0 N–H and O–H groups in total. The van der Waals surface area contributed by atoms with Crippen molar-refractivity contribution >= 4 is 22.7 Å². The van der Waals surface area contributed by atoms with Crippen molar-refractivity contribution in [3.8, 4) is 28.4 Å². The first-order chi connectivity index (χ1) is 23.0. The Hall–Kier alpha value is -5.82. The highest BCUT2D eigenvalue weighted by Crippen LogP contribution is 2.57. The maximum absolute atomic E-state index is 11.4. The minimum absolute atomic E-state index is 0.122. The van der Waals surface area contributed by atoms with Crippen molar-refractivity contribution in [2.45, 2.75) is 5.41 Å². The van der Waals surface area contributed by atoms with E-state index in [2.05, 4.69) is 86.0 Å². The van der Waals surface area contributed by atoms with Gasteiger partial charge in [-0.25, -0.2) is 9.59 Å². The topological polar surface area (TPSA) is 80.3 Å². The SMILES string of the molecule is C=CC(=O)OCCOc1ccc(C2(c3ccc(OCCOC(=O)C=C)cc3)c3ccc(OC)cc3-c3cc4ccccc4cc32)cc1. The van der Waals surface area contributed by atoms with Gasteiger partial charge < -0.3 is 23.7 Å². The Kier molecular flexibility index (Phi) is 9.06. The van der Waals surface area contributed by atoms with Gasteiger partial charge in [-0.15, -0.1) is 0 Å². The van der Waals surface area contributed by atoms with E-state index in [0.717, 1.165) is 62.1 Å². The quantitative estimate of drug-likeness (QED) is 0.0750. The van der Waals surface area contributed by atoms with Gasteiger partial charge >= 0.3 is 11.9 Å². The summed E-state index contributed by atoms with van der Waals surface area (Å²) in [6.07, 6.45) is 2.26. The van der Waals surface area contributed by atoms with E-state index in [-0.39, 0.29) is 26.4 Å². The summed E-state index contributed by atoms with van der Waals surface area (Å²) < 4.78 is 27.6. The van der Waals surface area contributed by atoms with Gasteiger partial charge in [0.25, 0.3) is 0 Å². The Morgan fingerprint density at radius 3 is 1.60 bits per heavy atom. The zero-order chi connectivity index (χ0) is 32.8. The molecule has 7 nitrogen and oxygen atoms in total. The number of carbonyl (C=O) groups is 2. The summed E-state index contributed by atoms with van der Waals surface area (Å²) in [6, 6.07) is 35.3. The van der Waals surface area contributed by atoms with Gasteiger partial charge in [0, 0.05) is 12.2 Å². The predicted molar refractivity (Wildman–Crippen MR) is 181 cm³/mol. The highest BCUT2D eigenvalue weighted by molar-refractivity contribution is 5.96. The van der Waals surface area contributed by atoms with Crippen LogP contribution in [0, 0.1) is 0 Å². The van der Waals surface area contributed by atoms with Crippen molar-refractivity contribution in [2.24, 2.45) is 0 Å². The number of benzene rings is 5. The van der Waals surface area contributed by atoms with Gasteiger partial charge in [-0.05, 0) is 92.7 Å². The Bertz CT molecular complexity index is 1870. The molecule has 0 fully saturated rings. The van der Waals surface area contributed by atoms with Gasteiger partial charge in [-0.2, -0.15) is 0 Å². The Morgan fingerprint density at radius 2 is 1.09 bits per heavy atom. The molecule has 5 aromatic rings. The van der Waals surface area contributed by atoms with Gasteiger partial charge in [-0.1, -0.05) is 67.8 Å². The predicted octanol–water partition coefficient (Wildman–Crippen LogP) is 7.43. The third-order valence-corrected chi connectivity index (χ3v) is 8.31. The van der Waals surface area contributed by atoms with Crippen LogP contribution in [0.15, 0.2) is 128 Å². The smallest absolute Gasteiger partial charge is 0.330 e. The monoisotopic (exact) mass is 626 g/mol. The molecule has 6 rings (SSSR count). The summed E-state index contributed by atoms with van der Waals surface area (Å²) in [7, 11) is 1.68. The maximum atomic E-state index is 11.4. The van der Waals surface area contributed by atoms with Crippen LogP contribution in [0.1, 0.15) is 22.3 Å². The van der Waals surface area contributed by atoms with Crippen LogP contribution in [-0.4, -0.2) is 45.5 Å². The van der Waals surface area contributed by atoms with E-state index < -0.39 is 17.4 Å². The maximum Gasteiger partial charge on any atom is 0.330 e. The Balaban J connectivity index is 1.45. The van der Waals surface area contributed by atoms with Gasteiger partial charge in [0.2, 0.25) is 0 Å². The molecule has 1 aliphatic carbocycles. The number of carbonyl (C=O) groups excluding carboxylic acids is 2. The Labute approximate surface area is 273 Å². The molecular formula is C40H34O7. The lowest BCUT2D eigenvalue weighted by Crippen LogP contribution is -2.28. The standard InChI is InChI=1S/C40H34O7/c1-4-38(41)46-22-20-44-31-14-10-29(11-15-31)40(30-12-16-32(17-13-30)45-21-23-47-39(42)5-2)36-19-18-33(43-3)26-35(36)34-24-27-8-6-7-9-28(27)25-37(34)40/h4-19,24-26H,1-2,20-23H2,3H3. The first-order valence-electron chi connectivity index (χ1n) is 15.2. The van der Waals surface area contributed by atoms with Crippen LogP contribution < -0.4 is 14.2 Å². The van der Waals surface area contributed by atoms with Crippen LogP contribution in [0.3, 0.4) is 0 Å². The molecule has 0 radical (unpaired) electrons. The van der Waals surface area contributed by atoms with Crippen LogP contribution in [0.4, 0.5) is 0 Å². The second-order valence-corrected chi connectivity index (χ2v) is 10.9. The Morgan fingerprint density at radius 1 is 0.596 bits per heavy atom. The van der Waals surface area contributed by atoms with Crippen molar-refractivity contribution in [1.82, 2.24) is 0 Å². The third kappa shape index (κ3) is 6.08. The van der Waals surface area contributed by atoms with Crippen molar-refractivity contribution < 1.29 is 33.3 Å². The second kappa shape index (κ2) is 13.7. The van der Waals surface area contributed by atoms with Crippen LogP contribution in [-0.2, 0) is 24.5 Å². The highest BCUT2D eigenvalue weighted by atomic mass is 16.6. The van der Waals surface area contributed by atoms with Gasteiger partial charge in [0.1, 0.15) is 43.7 Å². The third-order valence-electron chi connectivity index (χ3n) is 8.31. The van der Waals surface area contributed by atoms with Crippen molar-refractivity contribution in [2.75, 3.05) is 33.5 Å². The van der Waals surface area contributed by atoms with Gasteiger partial charge in [0.15, 0.2) is 0 Å². The normalized spacial score (nSPS) is 12.4. The molecule has 0 aliphatic heterocycles. The minimum atomic E-state index is -0.684. The molecule has 0 amide bonds. The fraction of sp³-hybridized carbons (Fsp3) is 0.150. The first-order valence-corrected chi connectivity index (χ1v) is 15.2. The van der Waals surface area contributed by atoms with E-state index in [4.69, 9.17) is 23.7 Å². The molecule has 0 atom stereocenters. The molecule has 0 bridgehead atoms. The molecular weight excluding hydrogens is 592 g/mol. The fourth-order valence-corrected chi connectivity index (χ4v) is 6.23. The lowest BCUT2D eigenvalue weighted by Gasteiger charge is -2.34. The molecule has 47 heavy (non-hydrogen) atoms. The number of hydrogen-bond acceptors (Lipinski definition) is 7. The minimum Gasteiger partial charge on any atom is -0.497 e. The molecule has 0 saturated heterocycles. The fourth-order valence-electron chi connectivity index (χ4n) is 6.23. The molecule has 0 aromatic heterocycles. The molecule has 236 valence electrons. The van der Waals surface area contributed by atoms with Crippen LogP contribution >= 0.6 is 0 Å². The second-order valence-electron chi connectivity index (χ2n) is 10.9. The summed E-state index contributed by atoms with van der Waals surface area (Å²) in [4.78, 5) is 22.8. The number of ether oxygens (including phenoxy) is 5. The van der Waals surface area contributed by atoms with E-state index in [1.807, 2.05) is 30.3 Å². The number of hydrogen-bond donors (Lipinski definition) is 0. The van der Waals surface area contributed by atoms with Crippen molar-refractivity contribution in [3.63, 3.8) is 0 Å². The molecule has 0 saturated carbocycles. The van der Waals surface area contributed by atoms with Crippen LogP contribution in [0.5, 0.6) is 17.2 Å².